The average Bonchev–Trinajstić information content (AvgIpc) is 3.11. The lowest BCUT2D eigenvalue weighted by atomic mass is 9.87. The van der Waals surface area contributed by atoms with Crippen LogP contribution >= 0.6 is 0 Å². The smallest absolute Gasteiger partial charge is 0.320 e. The number of hydrogen-bond acceptors (Lipinski definition) is 6. The summed E-state index contributed by atoms with van der Waals surface area (Å²) in [6, 6.07) is 23.7. The number of likely N-dealkylation sites (tertiary alicyclic amines) is 2. The third kappa shape index (κ3) is 6.94. The van der Waals surface area contributed by atoms with Gasteiger partial charge in [0.15, 0.2) is 5.78 Å². The molecule has 2 aromatic carbocycles. The fourth-order valence-electron chi connectivity index (χ4n) is 7.07. The number of hydrogen-bond donors (Lipinski definition) is 1. The molecule has 6 rings (SSSR count). The molecule has 45 heavy (non-hydrogen) atoms. The first-order chi connectivity index (χ1) is 21.9. The lowest BCUT2D eigenvalue weighted by Crippen LogP contribution is -2.61. The molecule has 0 aliphatic carbocycles. The van der Waals surface area contributed by atoms with Gasteiger partial charge in [-0.15, -0.1) is 0 Å². The molecule has 3 saturated heterocycles. The highest BCUT2D eigenvalue weighted by Gasteiger charge is 2.39. The fraction of sp³-hybridized carbons (Fsp3) is 0.444. The van der Waals surface area contributed by atoms with Crippen LogP contribution in [0.3, 0.4) is 0 Å². The van der Waals surface area contributed by atoms with Crippen LogP contribution in [0.15, 0.2) is 72.8 Å². The maximum atomic E-state index is 13.9. The number of Topliss-reactive ketones (excluding diaryl/α,β-unsaturated/α-hetero) is 1. The molecular formula is C36H44N6O3. The Morgan fingerprint density at radius 3 is 2.04 bits per heavy atom. The van der Waals surface area contributed by atoms with Crippen LogP contribution in [-0.4, -0.2) is 114 Å². The van der Waals surface area contributed by atoms with Crippen molar-refractivity contribution in [1.82, 2.24) is 29.9 Å². The quantitative estimate of drug-likeness (QED) is 0.450. The number of carbonyl (C=O) groups excluding carboxylic acids is 3. The van der Waals surface area contributed by atoms with E-state index in [0.29, 0.717) is 44.3 Å². The molecule has 9 heteroatoms. The van der Waals surface area contributed by atoms with Crippen LogP contribution in [0.5, 0.6) is 0 Å². The van der Waals surface area contributed by atoms with Crippen LogP contribution in [0.2, 0.25) is 0 Å². The van der Waals surface area contributed by atoms with Crippen molar-refractivity contribution in [3.63, 3.8) is 0 Å². The number of ketones is 1. The molecule has 2 unspecified atom stereocenters. The third-order valence-electron chi connectivity index (χ3n) is 9.53. The number of carbonyl (C=O) groups is 3. The van der Waals surface area contributed by atoms with Gasteiger partial charge in [0, 0.05) is 82.0 Å². The summed E-state index contributed by atoms with van der Waals surface area (Å²) in [6.07, 6.45) is 3.59. The van der Waals surface area contributed by atoms with E-state index in [1.165, 1.54) is 0 Å². The summed E-state index contributed by atoms with van der Waals surface area (Å²) < 4.78 is 0. The number of nitrogens with one attached hydrogen (secondary N) is 1. The Hall–Kier alpha value is -4.08. The topological polar surface area (TPSA) is 89.1 Å². The Kier molecular flexibility index (Phi) is 9.56. The molecule has 0 bridgehead atoms. The number of rotatable bonds is 6. The highest BCUT2D eigenvalue weighted by Crippen LogP contribution is 2.29. The van der Waals surface area contributed by atoms with Crippen molar-refractivity contribution >= 4 is 17.7 Å². The standard InChI is InChI=1S/C36H44N6O3/c1-39(2)36(45)42-21-17-37-24-33(42)34(43)28-14-9-18-41(25-28)30-15-19-40(20-16-30)35(44)29-22-31(26-10-5-3-6-11-26)38-32(23-29)27-12-7-4-8-13-27/h3-8,10-13,22-23,28,30,33,37H,9,14-21,24-25H2,1-2H3. The summed E-state index contributed by atoms with van der Waals surface area (Å²) >= 11 is 0. The first-order valence-corrected chi connectivity index (χ1v) is 16.3. The first kappa shape index (κ1) is 30.9. The molecule has 3 aromatic rings. The Morgan fingerprint density at radius 1 is 0.822 bits per heavy atom. The molecule has 3 aliphatic rings. The molecule has 0 radical (unpaired) electrons. The maximum absolute atomic E-state index is 13.9. The molecule has 9 nitrogen and oxygen atoms in total. The minimum Gasteiger partial charge on any atom is -0.339 e. The Bertz CT molecular complexity index is 1430. The van der Waals surface area contributed by atoms with Gasteiger partial charge in [-0.1, -0.05) is 60.7 Å². The Morgan fingerprint density at radius 2 is 1.44 bits per heavy atom. The Balaban J connectivity index is 1.12. The van der Waals surface area contributed by atoms with Crippen molar-refractivity contribution in [3.05, 3.63) is 78.4 Å². The minimum atomic E-state index is -0.417. The SMILES string of the molecule is CN(C)C(=O)N1CCNCC1C(=O)C1CCCN(C2CCN(C(=O)c3cc(-c4ccccc4)nc(-c4ccccc4)c3)CC2)C1. The third-order valence-corrected chi connectivity index (χ3v) is 9.53. The van der Waals surface area contributed by atoms with Crippen LogP contribution in [0.4, 0.5) is 4.79 Å². The van der Waals surface area contributed by atoms with Gasteiger partial charge in [0.25, 0.3) is 5.91 Å². The highest BCUT2D eigenvalue weighted by molar-refractivity contribution is 5.96. The summed E-state index contributed by atoms with van der Waals surface area (Å²) in [6.45, 7) is 4.83. The lowest BCUT2D eigenvalue weighted by molar-refractivity contribution is -0.130. The van der Waals surface area contributed by atoms with Crippen molar-refractivity contribution in [3.8, 4) is 22.5 Å². The van der Waals surface area contributed by atoms with Gasteiger partial charge >= 0.3 is 6.03 Å². The molecule has 4 heterocycles. The van der Waals surface area contributed by atoms with E-state index in [1.807, 2.05) is 77.7 Å². The zero-order chi connectivity index (χ0) is 31.3. The number of aromatic nitrogens is 1. The molecule has 2 atom stereocenters. The number of piperazine rings is 1. The number of pyridine rings is 1. The van der Waals surface area contributed by atoms with E-state index < -0.39 is 6.04 Å². The number of amides is 3. The number of piperidine rings is 2. The first-order valence-electron chi connectivity index (χ1n) is 16.3. The van der Waals surface area contributed by atoms with Crippen LogP contribution < -0.4 is 5.32 Å². The van der Waals surface area contributed by atoms with Crippen molar-refractivity contribution in [2.75, 3.05) is 59.9 Å². The number of urea groups is 1. The zero-order valence-corrected chi connectivity index (χ0v) is 26.4. The van der Waals surface area contributed by atoms with Crippen molar-refractivity contribution < 1.29 is 14.4 Å². The molecule has 3 aliphatic heterocycles. The molecule has 1 N–H and O–H groups in total. The van der Waals surface area contributed by atoms with Gasteiger partial charge in [0.1, 0.15) is 6.04 Å². The van der Waals surface area contributed by atoms with Gasteiger partial charge < -0.3 is 20.0 Å². The second kappa shape index (κ2) is 13.9. The van der Waals surface area contributed by atoms with Gasteiger partial charge in [-0.25, -0.2) is 9.78 Å². The summed E-state index contributed by atoms with van der Waals surface area (Å²) in [5, 5.41) is 3.32. The monoisotopic (exact) mass is 608 g/mol. The minimum absolute atomic E-state index is 0.0346. The van der Waals surface area contributed by atoms with E-state index in [9.17, 15) is 14.4 Å². The summed E-state index contributed by atoms with van der Waals surface area (Å²) in [4.78, 5) is 53.1. The normalized spacial score (nSPS) is 21.4. The van der Waals surface area contributed by atoms with E-state index in [-0.39, 0.29) is 23.6 Å². The molecule has 3 amide bonds. The van der Waals surface area contributed by atoms with E-state index in [4.69, 9.17) is 4.98 Å². The largest absolute Gasteiger partial charge is 0.339 e. The molecular weight excluding hydrogens is 564 g/mol. The van der Waals surface area contributed by atoms with E-state index in [2.05, 4.69) is 10.2 Å². The lowest BCUT2D eigenvalue weighted by Gasteiger charge is -2.44. The number of benzene rings is 2. The number of nitrogens with zero attached hydrogens (tertiary/aromatic N) is 5. The molecule has 3 fully saturated rings. The van der Waals surface area contributed by atoms with Crippen LogP contribution in [-0.2, 0) is 4.79 Å². The van der Waals surface area contributed by atoms with E-state index >= 15 is 0 Å². The molecule has 236 valence electrons. The van der Waals surface area contributed by atoms with Gasteiger partial charge in [-0.3, -0.25) is 14.5 Å². The zero-order valence-electron chi connectivity index (χ0n) is 26.4. The maximum Gasteiger partial charge on any atom is 0.320 e. The highest BCUT2D eigenvalue weighted by atomic mass is 16.2. The van der Waals surface area contributed by atoms with Crippen molar-refractivity contribution in [2.45, 2.75) is 37.8 Å². The summed E-state index contributed by atoms with van der Waals surface area (Å²) in [5.41, 5.74) is 4.20. The fourth-order valence-corrected chi connectivity index (χ4v) is 7.07. The molecule has 0 spiro atoms. The summed E-state index contributed by atoms with van der Waals surface area (Å²) in [7, 11) is 3.48. The van der Waals surface area contributed by atoms with Crippen LogP contribution in [0, 0.1) is 5.92 Å². The van der Waals surface area contributed by atoms with Crippen LogP contribution in [0.1, 0.15) is 36.0 Å². The van der Waals surface area contributed by atoms with Gasteiger partial charge in [-0.05, 0) is 44.4 Å². The Labute approximate surface area is 266 Å². The average molecular weight is 609 g/mol. The predicted octanol–water partition coefficient (Wildman–Crippen LogP) is 4.26. The second-order valence-electron chi connectivity index (χ2n) is 12.7. The van der Waals surface area contributed by atoms with E-state index in [0.717, 1.165) is 61.3 Å². The summed E-state index contributed by atoms with van der Waals surface area (Å²) in [5.74, 6) is 0.133. The second-order valence-corrected chi connectivity index (χ2v) is 12.7. The van der Waals surface area contributed by atoms with Crippen LogP contribution in [0.25, 0.3) is 22.5 Å². The van der Waals surface area contributed by atoms with Gasteiger partial charge in [0.05, 0.1) is 11.4 Å². The van der Waals surface area contributed by atoms with E-state index in [1.54, 1.807) is 23.9 Å². The molecule has 0 saturated carbocycles. The van der Waals surface area contributed by atoms with Crippen molar-refractivity contribution in [2.24, 2.45) is 5.92 Å². The van der Waals surface area contributed by atoms with Gasteiger partial charge in [0.2, 0.25) is 0 Å². The predicted molar refractivity (Wildman–Crippen MR) is 176 cm³/mol. The van der Waals surface area contributed by atoms with Crippen molar-refractivity contribution in [1.29, 1.82) is 0 Å². The molecule has 1 aromatic heterocycles. The van der Waals surface area contributed by atoms with Gasteiger partial charge in [-0.2, -0.15) is 0 Å².